The Kier molecular flexibility index (Phi) is 11.7. The zero-order valence-electron chi connectivity index (χ0n) is 40.9. The molecule has 8 heteroatoms. The third kappa shape index (κ3) is 8.29. The van der Waals surface area contributed by atoms with E-state index in [0.717, 1.165) is 60.5 Å². The SMILES string of the molecule is Cc1cc(-c2ccc(F)cc2)ccc1-c1ccc(F)c(N(c2cccc(C)c2F)c2ccc3ccc4c(N(c5cc(-c6ccc(-c7ccc(F)cc7)cc6)ccc5F)c5cccc(C)c5F)ccc5ccc2c3c54)c1. The van der Waals surface area contributed by atoms with E-state index < -0.39 is 23.3 Å². The number of benzene rings is 12. The van der Waals surface area contributed by atoms with E-state index in [9.17, 15) is 8.78 Å². The lowest BCUT2D eigenvalue weighted by atomic mass is 9.91. The van der Waals surface area contributed by atoms with Gasteiger partial charge in [0, 0.05) is 10.8 Å². The molecule has 0 heterocycles. The number of anilines is 6. The van der Waals surface area contributed by atoms with Crippen LogP contribution < -0.4 is 9.80 Å². The second kappa shape index (κ2) is 18.7. The highest BCUT2D eigenvalue weighted by Gasteiger charge is 2.28. The molecule has 12 aromatic rings. The van der Waals surface area contributed by atoms with Crippen molar-refractivity contribution in [2.24, 2.45) is 0 Å². The lowest BCUT2D eigenvalue weighted by molar-refractivity contribution is 0.613. The summed E-state index contributed by atoms with van der Waals surface area (Å²) >= 11 is 0. The minimum atomic E-state index is -0.574. The maximum atomic E-state index is 16.9. The maximum Gasteiger partial charge on any atom is 0.150 e. The number of hydrogen-bond acceptors (Lipinski definition) is 2. The maximum absolute atomic E-state index is 16.9. The second-order valence-corrected chi connectivity index (χ2v) is 19.0. The van der Waals surface area contributed by atoms with Crippen LogP contribution in [0.15, 0.2) is 212 Å². The van der Waals surface area contributed by atoms with Gasteiger partial charge >= 0.3 is 0 Å². The van der Waals surface area contributed by atoms with Crippen molar-refractivity contribution in [1.29, 1.82) is 0 Å². The molecule has 12 aromatic carbocycles. The standard InChI is InChI=1S/C67H44F6N2/c1-39-6-4-8-60(66(39)72)74(62-37-49(21-32-56(62)70)44-12-10-42(11-13-44)43-14-25-51(68)26-15-43)58-34-23-46-19-31-55-59(35-24-47-18-30-54(58)64(46)65(47)55)75(61-9-5-7-40(2)67(61)73)63-38-50(22-33-57(63)71)53-29-20-48(36-41(53)3)45-16-27-52(69)28-17-45/h4-38H,1-3H3. The van der Waals surface area contributed by atoms with E-state index >= 15 is 17.6 Å². The summed E-state index contributed by atoms with van der Waals surface area (Å²) in [4.78, 5) is 3.27. The molecule has 0 N–H and O–H groups in total. The molecule has 12 rings (SSSR count). The largest absolute Gasteiger partial charge is 0.304 e. The molecule has 0 amide bonds. The molecule has 2 nitrogen and oxygen atoms in total. The molecule has 0 unspecified atom stereocenters. The third-order valence-electron chi connectivity index (χ3n) is 14.4. The second-order valence-electron chi connectivity index (χ2n) is 19.0. The Balaban J connectivity index is 1.03. The van der Waals surface area contributed by atoms with Crippen LogP contribution in [0.2, 0.25) is 0 Å². The molecule has 0 aliphatic heterocycles. The fraction of sp³-hybridized carbons (Fsp3) is 0.0448. The quantitative estimate of drug-likeness (QED) is 0.0995. The van der Waals surface area contributed by atoms with Gasteiger partial charge in [0.15, 0.2) is 0 Å². The van der Waals surface area contributed by atoms with Crippen molar-refractivity contribution >= 4 is 66.4 Å². The van der Waals surface area contributed by atoms with E-state index in [-0.39, 0.29) is 34.4 Å². The van der Waals surface area contributed by atoms with Crippen molar-refractivity contribution in [2.75, 3.05) is 9.80 Å². The Morgan fingerprint density at radius 2 is 0.653 bits per heavy atom. The van der Waals surface area contributed by atoms with Gasteiger partial charge in [0.1, 0.15) is 34.9 Å². The van der Waals surface area contributed by atoms with Gasteiger partial charge in [-0.25, -0.2) is 26.3 Å². The van der Waals surface area contributed by atoms with Crippen LogP contribution >= 0.6 is 0 Å². The molecule has 0 bridgehead atoms. The predicted octanol–water partition coefficient (Wildman–Crippen LogP) is 20.0. The number of nitrogens with zero attached hydrogens (tertiary/aromatic N) is 2. The predicted molar refractivity (Wildman–Crippen MR) is 295 cm³/mol. The molecule has 0 aliphatic rings. The molecule has 0 radical (unpaired) electrons. The van der Waals surface area contributed by atoms with Gasteiger partial charge in [0.2, 0.25) is 0 Å². The lowest BCUT2D eigenvalue weighted by Crippen LogP contribution is -2.15. The fourth-order valence-corrected chi connectivity index (χ4v) is 10.6. The van der Waals surface area contributed by atoms with Crippen LogP contribution in [-0.2, 0) is 0 Å². The number of aryl methyl sites for hydroxylation is 3. The summed E-state index contributed by atoms with van der Waals surface area (Å²) in [5.74, 6) is -2.83. The Labute approximate surface area is 430 Å². The highest BCUT2D eigenvalue weighted by Crippen LogP contribution is 2.50. The highest BCUT2D eigenvalue weighted by atomic mass is 19.1. The van der Waals surface area contributed by atoms with Gasteiger partial charge in [0.05, 0.1) is 34.1 Å². The van der Waals surface area contributed by atoms with Crippen LogP contribution in [0.25, 0.3) is 76.8 Å². The summed E-state index contributed by atoms with van der Waals surface area (Å²) in [6.45, 7) is 5.31. The first-order chi connectivity index (χ1) is 36.4. The number of hydrogen-bond donors (Lipinski definition) is 0. The Morgan fingerprint density at radius 3 is 1.12 bits per heavy atom. The van der Waals surface area contributed by atoms with Crippen molar-refractivity contribution < 1.29 is 26.3 Å². The van der Waals surface area contributed by atoms with E-state index in [1.165, 1.54) is 36.4 Å². The molecule has 0 saturated carbocycles. The normalized spacial score (nSPS) is 11.5. The van der Waals surface area contributed by atoms with Crippen molar-refractivity contribution in [2.45, 2.75) is 20.8 Å². The van der Waals surface area contributed by atoms with Crippen molar-refractivity contribution in [1.82, 2.24) is 0 Å². The Bertz CT molecular complexity index is 4170. The zero-order chi connectivity index (χ0) is 51.6. The topological polar surface area (TPSA) is 6.48 Å². The van der Waals surface area contributed by atoms with E-state index in [2.05, 4.69) is 0 Å². The van der Waals surface area contributed by atoms with Gasteiger partial charge in [-0.15, -0.1) is 0 Å². The van der Waals surface area contributed by atoms with E-state index in [1.54, 1.807) is 109 Å². The highest BCUT2D eigenvalue weighted by molar-refractivity contribution is 6.28. The van der Waals surface area contributed by atoms with Crippen LogP contribution in [-0.4, -0.2) is 0 Å². The molecule has 0 fully saturated rings. The third-order valence-corrected chi connectivity index (χ3v) is 14.4. The molecule has 0 spiro atoms. The van der Waals surface area contributed by atoms with Gasteiger partial charge in [0.25, 0.3) is 0 Å². The molecular formula is C67H44F6N2. The first-order valence-electron chi connectivity index (χ1n) is 24.5. The summed E-state index contributed by atoms with van der Waals surface area (Å²) < 4.78 is 94.8. The smallest absolute Gasteiger partial charge is 0.150 e. The van der Waals surface area contributed by atoms with Crippen LogP contribution in [0.3, 0.4) is 0 Å². The molecule has 0 saturated heterocycles. The van der Waals surface area contributed by atoms with Crippen molar-refractivity contribution in [3.8, 4) is 44.5 Å². The van der Waals surface area contributed by atoms with Gasteiger partial charge in [-0.3, -0.25) is 0 Å². The molecule has 0 aromatic heterocycles. The first-order valence-corrected chi connectivity index (χ1v) is 24.5. The van der Waals surface area contributed by atoms with Crippen molar-refractivity contribution in [3.63, 3.8) is 0 Å². The van der Waals surface area contributed by atoms with E-state index in [4.69, 9.17) is 0 Å². The van der Waals surface area contributed by atoms with Crippen molar-refractivity contribution in [3.05, 3.63) is 264 Å². The molecule has 0 atom stereocenters. The molecule has 0 aliphatic carbocycles. The zero-order valence-corrected chi connectivity index (χ0v) is 40.9. The summed E-state index contributed by atoms with van der Waals surface area (Å²) in [5, 5.41) is 4.69. The monoisotopic (exact) mass is 990 g/mol. The molecule has 364 valence electrons. The summed E-state index contributed by atoms with van der Waals surface area (Å²) in [6.07, 6.45) is 0. The molecular weight excluding hydrogens is 947 g/mol. The molecule has 75 heavy (non-hydrogen) atoms. The number of rotatable bonds is 10. The van der Waals surface area contributed by atoms with Gasteiger partial charge in [-0.2, -0.15) is 0 Å². The van der Waals surface area contributed by atoms with Crippen LogP contribution in [0.1, 0.15) is 16.7 Å². The average molecular weight is 991 g/mol. The number of halogens is 6. The van der Waals surface area contributed by atoms with Crippen LogP contribution in [0.5, 0.6) is 0 Å². The summed E-state index contributed by atoms with van der Waals surface area (Å²) in [5.41, 5.74) is 9.72. The lowest BCUT2D eigenvalue weighted by Gasteiger charge is -2.30. The van der Waals surface area contributed by atoms with Gasteiger partial charge < -0.3 is 9.80 Å². The average Bonchev–Trinajstić information content (AvgIpc) is 3.43. The first kappa shape index (κ1) is 46.9. The van der Waals surface area contributed by atoms with E-state index in [1.807, 2.05) is 97.9 Å². The fourth-order valence-electron chi connectivity index (χ4n) is 10.6. The van der Waals surface area contributed by atoms with Crippen LogP contribution in [0, 0.1) is 55.7 Å². The summed E-state index contributed by atoms with van der Waals surface area (Å²) in [7, 11) is 0. The van der Waals surface area contributed by atoms with Gasteiger partial charge in [-0.05, 0) is 176 Å². The minimum absolute atomic E-state index is 0.118. The van der Waals surface area contributed by atoms with E-state index in [0.29, 0.717) is 44.4 Å². The Morgan fingerprint density at radius 1 is 0.280 bits per heavy atom. The van der Waals surface area contributed by atoms with Crippen LogP contribution in [0.4, 0.5) is 60.5 Å². The minimum Gasteiger partial charge on any atom is -0.304 e. The van der Waals surface area contributed by atoms with Gasteiger partial charge in [-0.1, -0.05) is 140 Å². The Hall–Kier alpha value is -9.14. The summed E-state index contributed by atoms with van der Waals surface area (Å²) in [6, 6.07) is 61.4.